The summed E-state index contributed by atoms with van der Waals surface area (Å²) in [6.45, 7) is 6.72. The van der Waals surface area contributed by atoms with Gasteiger partial charge in [-0.25, -0.2) is 4.79 Å². The molecule has 1 fully saturated rings. The van der Waals surface area contributed by atoms with Crippen LogP contribution in [0.25, 0.3) is 0 Å². The molecule has 4 heteroatoms. The smallest absolute Gasteiger partial charge is 0.407 e. The number of nitrogens with zero attached hydrogens (tertiary/aromatic N) is 2. The van der Waals surface area contributed by atoms with E-state index in [-0.39, 0.29) is 6.04 Å². The van der Waals surface area contributed by atoms with Crippen molar-refractivity contribution in [2.24, 2.45) is 4.99 Å². The Hall–Kier alpha value is -1.84. The fourth-order valence-corrected chi connectivity index (χ4v) is 2.87. The summed E-state index contributed by atoms with van der Waals surface area (Å²) >= 11 is 0. The molecular weight excluding hydrogens is 252 g/mol. The largest absolute Gasteiger partial charge is 0.465 e. The summed E-state index contributed by atoms with van der Waals surface area (Å²) in [6, 6.07) is 6.03. The number of amides is 1. The minimum absolute atomic E-state index is 0.0831. The van der Waals surface area contributed by atoms with Gasteiger partial charge in [-0.1, -0.05) is 25.1 Å². The van der Waals surface area contributed by atoms with E-state index in [1.807, 2.05) is 39.0 Å². The third-order valence-electron chi connectivity index (χ3n) is 3.92. The van der Waals surface area contributed by atoms with Gasteiger partial charge in [-0.2, -0.15) is 0 Å². The molecule has 4 nitrogen and oxygen atoms in total. The van der Waals surface area contributed by atoms with Gasteiger partial charge >= 0.3 is 6.09 Å². The number of piperidine rings is 1. The van der Waals surface area contributed by atoms with E-state index < -0.39 is 6.09 Å². The second-order valence-electron chi connectivity index (χ2n) is 5.35. The Morgan fingerprint density at radius 1 is 1.40 bits per heavy atom. The topological polar surface area (TPSA) is 52.9 Å². The van der Waals surface area contributed by atoms with E-state index in [0.29, 0.717) is 6.54 Å². The van der Waals surface area contributed by atoms with E-state index in [0.717, 1.165) is 41.8 Å². The van der Waals surface area contributed by atoms with E-state index in [1.54, 1.807) is 0 Å². The number of aliphatic imine (C=N–C) groups is 1. The van der Waals surface area contributed by atoms with Gasteiger partial charge in [0.2, 0.25) is 0 Å². The van der Waals surface area contributed by atoms with Crippen molar-refractivity contribution in [3.8, 4) is 0 Å². The van der Waals surface area contributed by atoms with E-state index >= 15 is 0 Å². The average Bonchev–Trinajstić information content (AvgIpc) is 2.42. The lowest BCUT2D eigenvalue weighted by atomic mass is 9.97. The molecule has 0 radical (unpaired) electrons. The predicted octanol–water partition coefficient (Wildman–Crippen LogP) is 3.93. The van der Waals surface area contributed by atoms with Gasteiger partial charge in [0.15, 0.2) is 0 Å². The second kappa shape index (κ2) is 6.07. The molecule has 0 bridgehead atoms. The van der Waals surface area contributed by atoms with Crippen LogP contribution in [0.3, 0.4) is 0 Å². The number of rotatable bonds is 2. The van der Waals surface area contributed by atoms with Gasteiger partial charge in [-0.15, -0.1) is 0 Å². The Labute approximate surface area is 120 Å². The molecule has 1 amide bonds. The lowest BCUT2D eigenvalue weighted by molar-refractivity contribution is 0.131. The van der Waals surface area contributed by atoms with Crippen LogP contribution < -0.4 is 0 Å². The highest BCUT2D eigenvalue weighted by atomic mass is 16.4. The fourth-order valence-electron chi connectivity index (χ4n) is 2.87. The Balaban J connectivity index is 2.39. The van der Waals surface area contributed by atoms with Crippen molar-refractivity contribution in [1.29, 1.82) is 0 Å². The normalized spacial score (nSPS) is 21.2. The van der Waals surface area contributed by atoms with Gasteiger partial charge in [0.1, 0.15) is 0 Å². The zero-order chi connectivity index (χ0) is 14.7. The molecule has 1 N–H and O–H groups in total. The van der Waals surface area contributed by atoms with Gasteiger partial charge in [-0.3, -0.25) is 4.99 Å². The third kappa shape index (κ3) is 2.84. The minimum atomic E-state index is -0.842. The number of para-hydroxylation sites is 1. The van der Waals surface area contributed by atoms with Gasteiger partial charge in [0.25, 0.3) is 0 Å². The molecule has 1 aliphatic rings. The zero-order valence-corrected chi connectivity index (χ0v) is 12.4. The molecule has 1 saturated heterocycles. The minimum Gasteiger partial charge on any atom is -0.465 e. The van der Waals surface area contributed by atoms with Crippen LogP contribution in [0.2, 0.25) is 0 Å². The number of hydrogen-bond acceptors (Lipinski definition) is 2. The van der Waals surface area contributed by atoms with Crippen molar-refractivity contribution in [2.45, 2.75) is 46.1 Å². The van der Waals surface area contributed by atoms with Gasteiger partial charge in [0.05, 0.1) is 11.7 Å². The number of aryl methyl sites for hydroxylation is 2. The van der Waals surface area contributed by atoms with E-state index in [4.69, 9.17) is 4.99 Å². The first kappa shape index (κ1) is 14.6. The molecule has 1 aromatic rings. The molecule has 1 aliphatic heterocycles. The molecule has 1 heterocycles. The van der Waals surface area contributed by atoms with Gasteiger partial charge in [0, 0.05) is 12.3 Å². The summed E-state index contributed by atoms with van der Waals surface area (Å²) in [5.74, 6) is 0. The molecule has 1 unspecified atom stereocenters. The van der Waals surface area contributed by atoms with Gasteiger partial charge < -0.3 is 10.0 Å². The maximum Gasteiger partial charge on any atom is 0.407 e. The summed E-state index contributed by atoms with van der Waals surface area (Å²) in [7, 11) is 0. The Kier molecular flexibility index (Phi) is 4.42. The Morgan fingerprint density at radius 3 is 2.60 bits per heavy atom. The van der Waals surface area contributed by atoms with Gasteiger partial charge in [-0.05, 0) is 44.2 Å². The molecule has 1 aromatic carbocycles. The molecular formula is C16H22N2O2. The van der Waals surface area contributed by atoms with Crippen molar-refractivity contribution >= 4 is 17.5 Å². The number of benzene rings is 1. The maximum absolute atomic E-state index is 11.3. The average molecular weight is 274 g/mol. The van der Waals surface area contributed by atoms with Crippen molar-refractivity contribution in [2.75, 3.05) is 6.54 Å². The third-order valence-corrected chi connectivity index (χ3v) is 3.92. The second-order valence-corrected chi connectivity index (χ2v) is 5.35. The van der Waals surface area contributed by atoms with E-state index in [2.05, 4.69) is 0 Å². The quantitative estimate of drug-likeness (QED) is 0.888. The zero-order valence-electron chi connectivity index (χ0n) is 12.4. The number of likely N-dealkylation sites (tertiary alicyclic amines) is 1. The molecule has 2 rings (SSSR count). The summed E-state index contributed by atoms with van der Waals surface area (Å²) in [5.41, 5.74) is 4.27. The lowest BCUT2D eigenvalue weighted by Crippen LogP contribution is -2.48. The van der Waals surface area contributed by atoms with Crippen LogP contribution in [0.5, 0.6) is 0 Å². The van der Waals surface area contributed by atoms with Crippen molar-refractivity contribution < 1.29 is 9.90 Å². The van der Waals surface area contributed by atoms with Crippen molar-refractivity contribution in [3.63, 3.8) is 0 Å². The van der Waals surface area contributed by atoms with Crippen LogP contribution in [-0.4, -0.2) is 34.4 Å². The molecule has 0 saturated carbocycles. The number of carbonyl (C=O) groups is 1. The summed E-state index contributed by atoms with van der Waals surface area (Å²) < 4.78 is 0. The van der Waals surface area contributed by atoms with Crippen LogP contribution in [0, 0.1) is 13.8 Å². The molecule has 0 spiro atoms. The first-order valence-electron chi connectivity index (χ1n) is 7.17. The fraction of sp³-hybridized carbons (Fsp3) is 0.500. The molecule has 0 aliphatic carbocycles. The van der Waals surface area contributed by atoms with Crippen molar-refractivity contribution in [3.05, 3.63) is 29.3 Å². The predicted molar refractivity (Wildman–Crippen MR) is 81.1 cm³/mol. The SMILES string of the molecule is CCC1C(=Nc2c(C)cccc2C)CCCN1C(=O)O. The first-order chi connectivity index (χ1) is 9.54. The van der Waals surface area contributed by atoms with E-state index in [9.17, 15) is 9.90 Å². The van der Waals surface area contributed by atoms with Crippen molar-refractivity contribution in [1.82, 2.24) is 4.90 Å². The van der Waals surface area contributed by atoms with Crippen LogP contribution in [0.4, 0.5) is 10.5 Å². The number of hydrogen-bond donors (Lipinski definition) is 1. The Bertz CT molecular complexity index is 517. The summed E-state index contributed by atoms with van der Waals surface area (Å²) in [5, 5.41) is 9.30. The summed E-state index contributed by atoms with van der Waals surface area (Å²) in [4.78, 5) is 17.7. The standard InChI is InChI=1S/C16H22N2O2/c1-4-14-13(9-6-10-18(14)16(19)20)17-15-11(2)7-5-8-12(15)3/h5,7-8,14H,4,6,9-10H2,1-3H3,(H,19,20). The van der Waals surface area contributed by atoms with E-state index in [1.165, 1.54) is 4.90 Å². The first-order valence-corrected chi connectivity index (χ1v) is 7.17. The number of carboxylic acid groups (broad SMARTS) is 1. The molecule has 0 aromatic heterocycles. The molecule has 1 atom stereocenters. The maximum atomic E-state index is 11.3. The highest BCUT2D eigenvalue weighted by molar-refractivity contribution is 5.95. The molecule has 20 heavy (non-hydrogen) atoms. The summed E-state index contributed by atoms with van der Waals surface area (Å²) in [6.07, 6.45) is 1.67. The Morgan fingerprint density at radius 2 is 2.05 bits per heavy atom. The van der Waals surface area contributed by atoms with Crippen LogP contribution in [0.15, 0.2) is 23.2 Å². The van der Waals surface area contributed by atoms with Crippen LogP contribution in [0.1, 0.15) is 37.3 Å². The van der Waals surface area contributed by atoms with Crippen LogP contribution in [-0.2, 0) is 0 Å². The lowest BCUT2D eigenvalue weighted by Gasteiger charge is -2.34. The highest BCUT2D eigenvalue weighted by Gasteiger charge is 2.30. The highest BCUT2D eigenvalue weighted by Crippen LogP contribution is 2.27. The monoisotopic (exact) mass is 274 g/mol. The van der Waals surface area contributed by atoms with Crippen LogP contribution >= 0.6 is 0 Å². The molecule has 108 valence electrons.